The van der Waals surface area contributed by atoms with E-state index in [0.717, 1.165) is 42.2 Å². The van der Waals surface area contributed by atoms with Crippen molar-refractivity contribution in [2.45, 2.75) is 38.0 Å². The Labute approximate surface area is 188 Å². The minimum Gasteiger partial charge on any atom is -0.371 e. The third-order valence-electron chi connectivity index (χ3n) is 5.76. The van der Waals surface area contributed by atoms with Crippen LogP contribution in [0.3, 0.4) is 0 Å². The molecule has 0 bridgehead atoms. The van der Waals surface area contributed by atoms with Crippen molar-refractivity contribution in [2.75, 3.05) is 19.6 Å². The van der Waals surface area contributed by atoms with Gasteiger partial charge in [0.25, 0.3) is 0 Å². The summed E-state index contributed by atoms with van der Waals surface area (Å²) in [6.07, 6.45) is -1.22. The van der Waals surface area contributed by atoms with Crippen molar-refractivity contribution in [3.63, 3.8) is 0 Å². The van der Waals surface area contributed by atoms with E-state index in [1.165, 1.54) is 12.1 Å². The molecule has 1 aromatic heterocycles. The van der Waals surface area contributed by atoms with E-state index in [9.17, 15) is 22.8 Å². The Bertz CT molecular complexity index is 1000. The molecule has 1 atom stereocenters. The largest absolute Gasteiger partial charge is 0.416 e. The van der Waals surface area contributed by atoms with E-state index in [-0.39, 0.29) is 37.2 Å². The molecule has 2 amide bonds. The van der Waals surface area contributed by atoms with Crippen molar-refractivity contribution >= 4 is 23.2 Å². The van der Waals surface area contributed by atoms with Crippen LogP contribution < -0.4 is 5.32 Å². The zero-order chi connectivity index (χ0) is 22.7. The van der Waals surface area contributed by atoms with E-state index in [1.54, 1.807) is 11.3 Å². The number of nitrogens with zero attached hydrogens (tertiary/aromatic N) is 2. The molecule has 0 spiro atoms. The van der Waals surface area contributed by atoms with Crippen molar-refractivity contribution in [3.8, 4) is 0 Å². The predicted molar refractivity (Wildman–Crippen MR) is 116 cm³/mol. The fourth-order valence-electron chi connectivity index (χ4n) is 4.19. The summed E-state index contributed by atoms with van der Waals surface area (Å²) in [4.78, 5) is 30.5. The Morgan fingerprint density at radius 1 is 1.09 bits per heavy atom. The van der Waals surface area contributed by atoms with Crippen LogP contribution in [0.25, 0.3) is 0 Å². The van der Waals surface area contributed by atoms with Crippen LogP contribution in [0.5, 0.6) is 0 Å². The average Bonchev–Trinajstić information content (AvgIpc) is 3.47. The van der Waals surface area contributed by atoms with Crippen LogP contribution in [0.15, 0.2) is 53.6 Å². The summed E-state index contributed by atoms with van der Waals surface area (Å²) in [6, 6.07) is 8.74. The Morgan fingerprint density at radius 2 is 1.94 bits per heavy atom. The fourth-order valence-corrected chi connectivity index (χ4v) is 5.04. The smallest absolute Gasteiger partial charge is 0.371 e. The van der Waals surface area contributed by atoms with Crippen LogP contribution in [0.4, 0.5) is 13.2 Å². The molecule has 1 N–H and O–H groups in total. The fraction of sp³-hybridized carbons (Fsp3) is 0.391. The summed E-state index contributed by atoms with van der Waals surface area (Å²) < 4.78 is 38.5. The molecule has 2 aliphatic heterocycles. The van der Waals surface area contributed by atoms with E-state index in [2.05, 4.69) is 16.3 Å². The number of nitrogens with one attached hydrogen (secondary N) is 1. The first-order valence-electron chi connectivity index (χ1n) is 10.5. The normalized spacial score (nSPS) is 18.3. The highest BCUT2D eigenvalue weighted by atomic mass is 32.1. The average molecular weight is 464 g/mol. The summed E-state index contributed by atoms with van der Waals surface area (Å²) >= 11 is 1.61. The molecule has 0 saturated carbocycles. The number of carbonyl (C=O) groups excluding carboxylic acids is 2. The summed E-state index contributed by atoms with van der Waals surface area (Å²) in [5.74, 6) is -0.452. The second-order valence-corrected chi connectivity index (χ2v) is 8.86. The van der Waals surface area contributed by atoms with Gasteiger partial charge in [0.05, 0.1) is 5.56 Å². The van der Waals surface area contributed by atoms with Crippen LogP contribution in [-0.2, 0) is 22.3 Å². The van der Waals surface area contributed by atoms with Gasteiger partial charge in [-0.25, -0.2) is 0 Å². The molecule has 4 rings (SSSR count). The van der Waals surface area contributed by atoms with Gasteiger partial charge < -0.3 is 15.1 Å². The van der Waals surface area contributed by atoms with Gasteiger partial charge in [0, 0.05) is 49.6 Å². The zero-order valence-corrected chi connectivity index (χ0v) is 18.2. The Kier molecular flexibility index (Phi) is 6.55. The highest BCUT2D eigenvalue weighted by Crippen LogP contribution is 2.39. The molecule has 2 aliphatic rings. The molecule has 1 unspecified atom stereocenters. The minimum atomic E-state index is -4.43. The first-order valence-corrected chi connectivity index (χ1v) is 11.4. The summed E-state index contributed by atoms with van der Waals surface area (Å²) in [7, 11) is 0. The molecule has 3 heterocycles. The van der Waals surface area contributed by atoms with Gasteiger partial charge in [-0.2, -0.15) is 13.2 Å². The maximum absolute atomic E-state index is 13.0. The summed E-state index contributed by atoms with van der Waals surface area (Å²) in [5, 5.41) is 4.61. The molecule has 1 saturated heterocycles. The number of alkyl halides is 3. The molecule has 0 radical (unpaired) electrons. The van der Waals surface area contributed by atoms with Crippen LogP contribution in [-0.4, -0.2) is 41.2 Å². The van der Waals surface area contributed by atoms with Crippen LogP contribution in [0.1, 0.15) is 41.3 Å². The molecule has 1 fully saturated rings. The number of hydrogen-bond acceptors (Lipinski definition) is 4. The van der Waals surface area contributed by atoms with Crippen molar-refractivity contribution in [2.24, 2.45) is 0 Å². The number of fused-ring (bicyclic) bond motifs is 1. The number of benzene rings is 1. The van der Waals surface area contributed by atoms with Gasteiger partial charge in [-0.1, -0.05) is 24.3 Å². The lowest BCUT2D eigenvalue weighted by atomic mass is 10.1. The second-order valence-electron chi connectivity index (χ2n) is 7.88. The lowest BCUT2D eigenvalue weighted by Gasteiger charge is -2.42. The van der Waals surface area contributed by atoms with Crippen LogP contribution in [0, 0.1) is 0 Å². The molecule has 32 heavy (non-hydrogen) atoms. The van der Waals surface area contributed by atoms with Gasteiger partial charge in [0.2, 0.25) is 11.8 Å². The molecular weight excluding hydrogens is 439 g/mol. The third kappa shape index (κ3) is 4.98. The standard InChI is InChI=1S/C23H24F3N3O2S/c24-23(25,26)17-5-1-4-16(14-17)15-27-20(30)8-9-21(31)29-12-11-28-10-2-6-18(28)22(29)19-7-3-13-32-19/h1,3-7,13-14,22H,2,8-12,15H2,(H,27,30). The van der Waals surface area contributed by atoms with Gasteiger partial charge in [0.1, 0.15) is 6.04 Å². The molecule has 170 valence electrons. The molecule has 9 heteroatoms. The lowest BCUT2D eigenvalue weighted by Crippen LogP contribution is -2.48. The van der Waals surface area contributed by atoms with Gasteiger partial charge in [-0.3, -0.25) is 9.59 Å². The van der Waals surface area contributed by atoms with E-state index < -0.39 is 11.7 Å². The van der Waals surface area contributed by atoms with Crippen molar-refractivity contribution < 1.29 is 22.8 Å². The number of carbonyl (C=O) groups is 2. The number of hydrogen-bond donors (Lipinski definition) is 1. The maximum Gasteiger partial charge on any atom is 0.416 e. The van der Waals surface area contributed by atoms with E-state index >= 15 is 0 Å². The quantitative estimate of drug-likeness (QED) is 0.694. The van der Waals surface area contributed by atoms with E-state index in [4.69, 9.17) is 0 Å². The first kappa shape index (κ1) is 22.4. The molecular formula is C23H24F3N3O2S. The van der Waals surface area contributed by atoms with Gasteiger partial charge in [-0.15, -0.1) is 11.3 Å². The predicted octanol–water partition coefficient (Wildman–Crippen LogP) is 4.34. The van der Waals surface area contributed by atoms with E-state index in [0.29, 0.717) is 12.1 Å². The Morgan fingerprint density at radius 3 is 2.69 bits per heavy atom. The monoisotopic (exact) mass is 463 g/mol. The number of thiophene rings is 1. The van der Waals surface area contributed by atoms with E-state index in [1.807, 2.05) is 22.4 Å². The van der Waals surface area contributed by atoms with Gasteiger partial charge in [-0.05, 0) is 35.6 Å². The number of halogens is 3. The van der Waals surface area contributed by atoms with Crippen molar-refractivity contribution in [1.82, 2.24) is 15.1 Å². The highest BCUT2D eigenvalue weighted by molar-refractivity contribution is 7.10. The topological polar surface area (TPSA) is 52.7 Å². The van der Waals surface area contributed by atoms with Crippen LogP contribution >= 0.6 is 11.3 Å². The number of rotatable bonds is 6. The highest BCUT2D eigenvalue weighted by Gasteiger charge is 2.37. The SMILES string of the molecule is O=C(CCC(=O)N1CCN2CCC=C2C1c1cccs1)NCc1cccc(C(F)(F)F)c1. The zero-order valence-electron chi connectivity index (χ0n) is 17.4. The summed E-state index contributed by atoms with van der Waals surface area (Å²) in [6.45, 7) is 2.34. The number of amides is 2. The van der Waals surface area contributed by atoms with Crippen molar-refractivity contribution in [3.05, 3.63) is 69.6 Å². The molecule has 5 nitrogen and oxygen atoms in total. The third-order valence-corrected chi connectivity index (χ3v) is 6.69. The molecule has 1 aromatic carbocycles. The lowest BCUT2D eigenvalue weighted by molar-refractivity contribution is -0.138. The Hall–Kier alpha value is -2.81. The van der Waals surface area contributed by atoms with Crippen molar-refractivity contribution in [1.29, 1.82) is 0 Å². The minimum absolute atomic E-state index is 0.00574. The second kappa shape index (κ2) is 9.36. The van der Waals surface area contributed by atoms with Crippen LogP contribution in [0.2, 0.25) is 0 Å². The molecule has 2 aromatic rings. The molecule has 0 aliphatic carbocycles. The van der Waals surface area contributed by atoms with Gasteiger partial charge >= 0.3 is 6.18 Å². The Balaban J connectivity index is 1.33. The van der Waals surface area contributed by atoms with Gasteiger partial charge in [0.15, 0.2) is 0 Å². The first-order chi connectivity index (χ1) is 15.3. The number of piperazine rings is 1. The maximum atomic E-state index is 13.0. The summed E-state index contributed by atoms with van der Waals surface area (Å²) in [5.41, 5.74) is 0.766.